The number of methoxy groups -OCH3 is 1. The third-order valence-corrected chi connectivity index (χ3v) is 5.75. The van der Waals surface area contributed by atoms with Gasteiger partial charge in [-0.2, -0.15) is 0 Å². The van der Waals surface area contributed by atoms with Crippen LogP contribution in [0.15, 0.2) is 30.3 Å². The van der Waals surface area contributed by atoms with Gasteiger partial charge in [-0.15, -0.1) is 0 Å². The van der Waals surface area contributed by atoms with Crippen LogP contribution in [0.5, 0.6) is 0 Å². The first-order valence-electron chi connectivity index (χ1n) is 9.15. The van der Waals surface area contributed by atoms with Crippen LogP contribution in [-0.4, -0.2) is 41.9 Å². The molecule has 26 heavy (non-hydrogen) atoms. The van der Waals surface area contributed by atoms with E-state index < -0.39 is 23.5 Å². The second kappa shape index (κ2) is 7.48. The predicted molar refractivity (Wildman–Crippen MR) is 94.3 cm³/mol. The van der Waals surface area contributed by atoms with Crippen LogP contribution < -0.4 is 0 Å². The van der Waals surface area contributed by atoms with E-state index in [2.05, 4.69) is 0 Å². The standard InChI is InChI=1S/C20H25NO5/c1-3-20(18(23)25-2)16-11-7-10-15(12-17(20)22)21(16)19(24)26-13-14-8-5-4-6-9-14/h4-6,8-9,15-16H,3,7,10-13H2,1-2H3/t15-,16+,20-/m1/s1. The van der Waals surface area contributed by atoms with Gasteiger partial charge in [0.05, 0.1) is 13.2 Å². The van der Waals surface area contributed by atoms with Gasteiger partial charge in [-0.3, -0.25) is 9.59 Å². The number of hydrogen-bond donors (Lipinski definition) is 0. The molecule has 2 saturated heterocycles. The van der Waals surface area contributed by atoms with E-state index in [0.717, 1.165) is 18.4 Å². The summed E-state index contributed by atoms with van der Waals surface area (Å²) in [6.07, 6.45) is 2.27. The van der Waals surface area contributed by atoms with Crippen LogP contribution in [0.4, 0.5) is 4.79 Å². The molecule has 6 heteroatoms. The summed E-state index contributed by atoms with van der Waals surface area (Å²) >= 11 is 0. The van der Waals surface area contributed by atoms with Crippen molar-refractivity contribution in [3.05, 3.63) is 35.9 Å². The molecule has 0 saturated carbocycles. The number of ether oxygens (including phenoxy) is 2. The van der Waals surface area contributed by atoms with Crippen LogP contribution in [0.25, 0.3) is 0 Å². The minimum absolute atomic E-state index is 0.117. The largest absolute Gasteiger partial charge is 0.468 e. The van der Waals surface area contributed by atoms with Crippen molar-refractivity contribution in [2.24, 2.45) is 5.41 Å². The molecule has 0 unspecified atom stereocenters. The fourth-order valence-electron chi connectivity index (χ4n) is 4.42. The van der Waals surface area contributed by atoms with Crippen molar-refractivity contribution in [3.63, 3.8) is 0 Å². The van der Waals surface area contributed by atoms with Crippen molar-refractivity contribution < 1.29 is 23.9 Å². The summed E-state index contributed by atoms with van der Waals surface area (Å²) in [4.78, 5) is 39.9. The van der Waals surface area contributed by atoms with Crippen LogP contribution in [0, 0.1) is 5.41 Å². The van der Waals surface area contributed by atoms with E-state index in [9.17, 15) is 14.4 Å². The Morgan fingerprint density at radius 1 is 1.23 bits per heavy atom. The maximum Gasteiger partial charge on any atom is 0.410 e. The Balaban J connectivity index is 1.84. The Morgan fingerprint density at radius 2 is 1.96 bits per heavy atom. The van der Waals surface area contributed by atoms with Crippen LogP contribution >= 0.6 is 0 Å². The van der Waals surface area contributed by atoms with Crippen molar-refractivity contribution in [1.29, 1.82) is 0 Å². The number of amides is 1. The van der Waals surface area contributed by atoms with E-state index in [-0.39, 0.29) is 24.9 Å². The fraction of sp³-hybridized carbons (Fsp3) is 0.550. The Bertz CT molecular complexity index is 689. The van der Waals surface area contributed by atoms with E-state index in [1.807, 2.05) is 30.3 Å². The predicted octanol–water partition coefficient (Wildman–Crippen LogP) is 3.09. The molecule has 2 aliphatic rings. The maximum absolute atomic E-state index is 12.8. The lowest BCUT2D eigenvalue weighted by molar-refractivity contribution is -0.170. The van der Waals surface area contributed by atoms with Gasteiger partial charge >= 0.3 is 12.1 Å². The molecule has 1 amide bonds. The van der Waals surface area contributed by atoms with Crippen LogP contribution in [0.3, 0.4) is 0 Å². The molecule has 2 bridgehead atoms. The highest BCUT2D eigenvalue weighted by Crippen LogP contribution is 2.46. The van der Waals surface area contributed by atoms with E-state index in [4.69, 9.17) is 9.47 Å². The number of nitrogens with zero attached hydrogens (tertiary/aromatic N) is 1. The molecule has 2 heterocycles. The van der Waals surface area contributed by atoms with E-state index in [1.54, 1.807) is 11.8 Å². The number of ketones is 1. The Kier molecular flexibility index (Phi) is 5.30. The van der Waals surface area contributed by atoms with Gasteiger partial charge in [-0.05, 0) is 31.2 Å². The van der Waals surface area contributed by atoms with Crippen molar-refractivity contribution in [1.82, 2.24) is 4.90 Å². The van der Waals surface area contributed by atoms with Gasteiger partial charge < -0.3 is 14.4 Å². The highest BCUT2D eigenvalue weighted by Gasteiger charge is 2.60. The molecule has 1 aromatic carbocycles. The lowest BCUT2D eigenvalue weighted by Gasteiger charge is -2.52. The first-order chi connectivity index (χ1) is 12.5. The van der Waals surface area contributed by atoms with E-state index in [1.165, 1.54) is 7.11 Å². The minimum atomic E-state index is -1.28. The SMILES string of the molecule is CC[C@]1(C(=O)OC)C(=O)C[C@H]2CCC[C@@H]1N2C(=O)OCc1ccccc1. The summed E-state index contributed by atoms with van der Waals surface area (Å²) in [5.74, 6) is -0.662. The van der Waals surface area contributed by atoms with Crippen LogP contribution in [-0.2, 0) is 25.7 Å². The first-order valence-corrected chi connectivity index (χ1v) is 9.15. The molecular formula is C20H25NO5. The Hall–Kier alpha value is -2.37. The average Bonchev–Trinajstić information content (AvgIpc) is 2.67. The van der Waals surface area contributed by atoms with Crippen LogP contribution in [0.2, 0.25) is 0 Å². The topological polar surface area (TPSA) is 72.9 Å². The van der Waals surface area contributed by atoms with Gasteiger partial charge in [0.25, 0.3) is 0 Å². The zero-order chi connectivity index (χ0) is 18.7. The molecule has 0 aromatic heterocycles. The molecule has 2 aliphatic heterocycles. The van der Waals surface area contributed by atoms with Gasteiger partial charge in [0.15, 0.2) is 5.78 Å². The van der Waals surface area contributed by atoms with Crippen molar-refractivity contribution in [2.45, 2.75) is 57.7 Å². The molecule has 3 atom stereocenters. The number of fused-ring (bicyclic) bond motifs is 2. The normalized spacial score (nSPS) is 27.8. The van der Waals surface area contributed by atoms with Gasteiger partial charge in [-0.1, -0.05) is 37.3 Å². The van der Waals surface area contributed by atoms with Gasteiger partial charge in [0.1, 0.15) is 12.0 Å². The molecule has 3 rings (SSSR count). The first kappa shape index (κ1) is 18.4. The number of esters is 1. The summed E-state index contributed by atoms with van der Waals surface area (Å²) in [5.41, 5.74) is -0.383. The summed E-state index contributed by atoms with van der Waals surface area (Å²) < 4.78 is 10.5. The number of benzene rings is 1. The molecule has 0 aliphatic carbocycles. The van der Waals surface area contributed by atoms with Crippen molar-refractivity contribution in [2.75, 3.05) is 7.11 Å². The molecule has 1 aromatic rings. The summed E-state index contributed by atoms with van der Waals surface area (Å²) in [7, 11) is 1.29. The van der Waals surface area contributed by atoms with Gasteiger partial charge in [-0.25, -0.2) is 4.79 Å². The van der Waals surface area contributed by atoms with Crippen molar-refractivity contribution in [3.8, 4) is 0 Å². The Labute approximate surface area is 153 Å². The third kappa shape index (κ3) is 2.97. The zero-order valence-electron chi connectivity index (χ0n) is 15.3. The van der Waals surface area contributed by atoms with E-state index >= 15 is 0 Å². The fourth-order valence-corrected chi connectivity index (χ4v) is 4.42. The molecular weight excluding hydrogens is 334 g/mol. The number of piperidine rings is 2. The third-order valence-electron chi connectivity index (χ3n) is 5.75. The zero-order valence-corrected chi connectivity index (χ0v) is 15.3. The van der Waals surface area contributed by atoms with Crippen molar-refractivity contribution >= 4 is 17.8 Å². The molecule has 2 fully saturated rings. The quantitative estimate of drug-likeness (QED) is 0.610. The average molecular weight is 359 g/mol. The molecule has 140 valence electrons. The van der Waals surface area contributed by atoms with Crippen LogP contribution in [0.1, 0.15) is 44.6 Å². The molecule has 0 radical (unpaired) electrons. The number of rotatable bonds is 4. The Morgan fingerprint density at radius 3 is 2.62 bits per heavy atom. The minimum Gasteiger partial charge on any atom is -0.468 e. The number of Topliss-reactive ketones (excluding diaryl/α,β-unsaturated/α-hetero) is 1. The molecule has 0 spiro atoms. The lowest BCUT2D eigenvalue weighted by Crippen LogP contribution is -2.67. The van der Waals surface area contributed by atoms with E-state index in [0.29, 0.717) is 12.8 Å². The second-order valence-corrected chi connectivity index (χ2v) is 6.99. The molecule has 0 N–H and O–H groups in total. The maximum atomic E-state index is 12.8. The van der Waals surface area contributed by atoms with Gasteiger partial charge in [0, 0.05) is 12.5 Å². The monoisotopic (exact) mass is 359 g/mol. The summed E-state index contributed by atoms with van der Waals surface area (Å²) in [5, 5.41) is 0. The number of carbonyl (C=O) groups is 3. The lowest BCUT2D eigenvalue weighted by atomic mass is 9.64. The number of carbonyl (C=O) groups excluding carboxylic acids is 3. The second-order valence-electron chi connectivity index (χ2n) is 6.99. The highest BCUT2D eigenvalue weighted by molar-refractivity contribution is 6.06. The van der Waals surface area contributed by atoms with Gasteiger partial charge in [0.2, 0.25) is 0 Å². The smallest absolute Gasteiger partial charge is 0.410 e. The summed E-state index contributed by atoms with van der Waals surface area (Å²) in [6.45, 7) is 1.97. The molecule has 6 nitrogen and oxygen atoms in total. The highest BCUT2D eigenvalue weighted by atomic mass is 16.6. The summed E-state index contributed by atoms with van der Waals surface area (Å²) in [6, 6.07) is 8.75. The number of hydrogen-bond acceptors (Lipinski definition) is 5.